The Morgan fingerprint density at radius 2 is 2.02 bits per heavy atom. The molecule has 3 fully saturated rings. The Hall–Kier alpha value is -3.50. The first-order chi connectivity index (χ1) is 20.9. The number of anilines is 1. The lowest BCUT2D eigenvalue weighted by molar-refractivity contribution is 0.108. The maximum absolute atomic E-state index is 16.9. The first kappa shape index (κ1) is 28.3. The standard InChI is InChI=1S/C33H40FN5O4/c1-20-17-33(9-5-11-39(33)18-20)19-43-32-36-29-26(30(37-32)38-10-6-13-42-14-12-38)31(41-3)35-28(27(29)34)24-16-23(40)15-22-8-4-7-21(2)25(22)24/h15-16,21,40H,1,4-14,17-19H2,2-3H3. The molecule has 2 atom stereocenters. The maximum atomic E-state index is 16.9. The molecule has 3 aliphatic heterocycles. The molecule has 7 rings (SSSR count). The van der Waals surface area contributed by atoms with Gasteiger partial charge in [-0.3, -0.25) is 4.90 Å². The first-order valence-electron chi connectivity index (χ1n) is 15.6. The molecular formula is C33H40FN5O4. The molecule has 1 aromatic carbocycles. The van der Waals surface area contributed by atoms with Crippen molar-refractivity contribution in [1.29, 1.82) is 0 Å². The zero-order valence-corrected chi connectivity index (χ0v) is 25.1. The third-order valence-electron chi connectivity index (χ3n) is 9.71. The number of hydrogen-bond donors (Lipinski definition) is 1. The Kier molecular flexibility index (Phi) is 7.37. The van der Waals surface area contributed by atoms with Gasteiger partial charge in [-0.1, -0.05) is 19.1 Å². The van der Waals surface area contributed by atoms with Gasteiger partial charge in [0.25, 0.3) is 0 Å². The summed E-state index contributed by atoms with van der Waals surface area (Å²) >= 11 is 0. The summed E-state index contributed by atoms with van der Waals surface area (Å²) in [6.07, 6.45) is 6.68. The molecule has 1 aliphatic carbocycles. The largest absolute Gasteiger partial charge is 0.508 e. The SMILES string of the molecule is C=C1CN2CCCC2(COc2nc(N3CCCOCC3)c3c(OC)nc(-c4cc(O)cc5c4C(C)CCC5)c(F)c3n2)C1. The summed E-state index contributed by atoms with van der Waals surface area (Å²) in [5.41, 5.74) is 3.94. The van der Waals surface area contributed by atoms with Crippen molar-refractivity contribution in [2.75, 3.05) is 58.0 Å². The van der Waals surface area contributed by atoms with E-state index in [1.807, 2.05) is 0 Å². The van der Waals surface area contributed by atoms with E-state index in [1.54, 1.807) is 12.1 Å². The Balaban J connectivity index is 1.39. The van der Waals surface area contributed by atoms with Crippen LogP contribution in [0.2, 0.25) is 0 Å². The number of aromatic hydroxyl groups is 1. The van der Waals surface area contributed by atoms with Crippen molar-refractivity contribution in [3.8, 4) is 28.9 Å². The highest BCUT2D eigenvalue weighted by Crippen LogP contribution is 2.45. The predicted molar refractivity (Wildman–Crippen MR) is 163 cm³/mol. The van der Waals surface area contributed by atoms with Crippen LogP contribution in [0.3, 0.4) is 0 Å². The van der Waals surface area contributed by atoms with Gasteiger partial charge in [-0.05, 0) is 80.7 Å². The van der Waals surface area contributed by atoms with Crippen LogP contribution in [0.5, 0.6) is 17.6 Å². The van der Waals surface area contributed by atoms with Crippen molar-refractivity contribution in [2.24, 2.45) is 0 Å². The predicted octanol–water partition coefficient (Wildman–Crippen LogP) is 5.38. The van der Waals surface area contributed by atoms with Crippen LogP contribution < -0.4 is 14.4 Å². The van der Waals surface area contributed by atoms with Crippen molar-refractivity contribution in [3.05, 3.63) is 41.2 Å². The minimum Gasteiger partial charge on any atom is -0.508 e. The van der Waals surface area contributed by atoms with Crippen LogP contribution >= 0.6 is 0 Å². The van der Waals surface area contributed by atoms with Crippen molar-refractivity contribution < 1.29 is 23.7 Å². The molecule has 0 radical (unpaired) electrons. The summed E-state index contributed by atoms with van der Waals surface area (Å²) in [5, 5.41) is 11.1. The maximum Gasteiger partial charge on any atom is 0.319 e. The van der Waals surface area contributed by atoms with Gasteiger partial charge in [0.2, 0.25) is 5.88 Å². The summed E-state index contributed by atoms with van der Waals surface area (Å²) in [6.45, 7) is 11.2. The van der Waals surface area contributed by atoms with E-state index in [0.717, 1.165) is 69.2 Å². The number of phenols is 1. The van der Waals surface area contributed by atoms with E-state index >= 15 is 4.39 Å². The fourth-order valence-corrected chi connectivity index (χ4v) is 7.75. The molecular weight excluding hydrogens is 549 g/mol. The van der Waals surface area contributed by atoms with E-state index in [1.165, 1.54) is 12.7 Å². The summed E-state index contributed by atoms with van der Waals surface area (Å²) in [5.74, 6) is 0.498. The molecule has 228 valence electrons. The fourth-order valence-electron chi connectivity index (χ4n) is 7.75. The summed E-state index contributed by atoms with van der Waals surface area (Å²) in [7, 11) is 1.53. The summed E-state index contributed by atoms with van der Waals surface area (Å²) in [4.78, 5) is 18.8. The molecule has 0 spiro atoms. The van der Waals surface area contributed by atoms with E-state index < -0.39 is 5.82 Å². The Morgan fingerprint density at radius 1 is 1.14 bits per heavy atom. The quantitative estimate of drug-likeness (QED) is 0.380. The fraction of sp³-hybridized carbons (Fsp3) is 0.545. The highest BCUT2D eigenvalue weighted by atomic mass is 19.1. The van der Waals surface area contributed by atoms with E-state index in [0.29, 0.717) is 49.7 Å². The number of aromatic nitrogens is 3. The molecule has 3 aromatic rings. The minimum absolute atomic E-state index is 0.0959. The third kappa shape index (κ3) is 4.98. The van der Waals surface area contributed by atoms with Gasteiger partial charge in [0, 0.05) is 31.8 Å². The van der Waals surface area contributed by atoms with E-state index in [4.69, 9.17) is 29.2 Å². The molecule has 0 amide bonds. The molecule has 1 N–H and O–H groups in total. The average molecular weight is 590 g/mol. The van der Waals surface area contributed by atoms with E-state index in [2.05, 4.69) is 23.3 Å². The van der Waals surface area contributed by atoms with Gasteiger partial charge in [-0.25, -0.2) is 9.37 Å². The summed E-state index contributed by atoms with van der Waals surface area (Å²) in [6, 6.07) is 3.54. The molecule has 9 nitrogen and oxygen atoms in total. The Labute approximate surface area is 251 Å². The first-order valence-corrected chi connectivity index (χ1v) is 15.6. The molecule has 4 aliphatic rings. The van der Waals surface area contributed by atoms with Crippen molar-refractivity contribution in [3.63, 3.8) is 0 Å². The van der Waals surface area contributed by atoms with Crippen molar-refractivity contribution in [1.82, 2.24) is 19.9 Å². The lowest BCUT2D eigenvalue weighted by atomic mass is 9.80. The van der Waals surface area contributed by atoms with Crippen LogP contribution in [0.15, 0.2) is 24.3 Å². The zero-order chi connectivity index (χ0) is 29.7. The monoisotopic (exact) mass is 589 g/mol. The molecule has 2 unspecified atom stereocenters. The van der Waals surface area contributed by atoms with Gasteiger partial charge in [0.05, 0.1) is 19.3 Å². The second-order valence-corrected chi connectivity index (χ2v) is 12.6. The topological polar surface area (TPSA) is 93.1 Å². The zero-order valence-electron chi connectivity index (χ0n) is 25.1. The number of phenolic OH excluding ortho intramolecular Hbond substituents is 1. The number of ether oxygens (including phenoxy) is 3. The van der Waals surface area contributed by atoms with Gasteiger partial charge in [0.1, 0.15) is 34.8 Å². The van der Waals surface area contributed by atoms with Gasteiger partial charge in [-0.15, -0.1) is 0 Å². The van der Waals surface area contributed by atoms with Crippen molar-refractivity contribution in [2.45, 2.75) is 63.3 Å². The van der Waals surface area contributed by atoms with Gasteiger partial charge in [0.15, 0.2) is 5.82 Å². The smallest absolute Gasteiger partial charge is 0.319 e. The Morgan fingerprint density at radius 3 is 2.88 bits per heavy atom. The van der Waals surface area contributed by atoms with Crippen LogP contribution in [-0.4, -0.2) is 83.6 Å². The molecule has 0 saturated carbocycles. The molecule has 10 heteroatoms. The minimum atomic E-state index is -0.573. The highest BCUT2D eigenvalue weighted by molar-refractivity contribution is 5.97. The molecule has 0 bridgehead atoms. The number of hydrogen-bond acceptors (Lipinski definition) is 9. The van der Waals surface area contributed by atoms with Gasteiger partial charge >= 0.3 is 6.01 Å². The molecule has 5 heterocycles. The van der Waals surface area contributed by atoms with Crippen LogP contribution in [0.4, 0.5) is 10.2 Å². The van der Waals surface area contributed by atoms with Crippen molar-refractivity contribution >= 4 is 16.7 Å². The second kappa shape index (κ2) is 11.2. The van der Waals surface area contributed by atoms with Crippen LogP contribution in [-0.2, 0) is 11.2 Å². The molecule has 43 heavy (non-hydrogen) atoms. The number of fused-ring (bicyclic) bond motifs is 3. The second-order valence-electron chi connectivity index (χ2n) is 12.6. The molecule has 3 saturated heterocycles. The number of halogens is 1. The molecule has 2 aromatic heterocycles. The number of methoxy groups -OCH3 is 1. The number of aryl methyl sites for hydroxylation is 1. The number of nitrogens with zero attached hydrogens (tertiary/aromatic N) is 5. The van der Waals surface area contributed by atoms with E-state index in [9.17, 15) is 5.11 Å². The summed E-state index contributed by atoms with van der Waals surface area (Å²) < 4.78 is 34.8. The number of pyridine rings is 1. The Bertz CT molecular complexity index is 1570. The van der Waals surface area contributed by atoms with Crippen LogP contribution in [0, 0.1) is 5.82 Å². The van der Waals surface area contributed by atoms with Crippen LogP contribution in [0.1, 0.15) is 62.5 Å². The number of benzene rings is 1. The normalized spacial score (nSPS) is 24.2. The number of rotatable bonds is 6. The van der Waals surface area contributed by atoms with Gasteiger partial charge < -0.3 is 24.2 Å². The third-order valence-corrected chi connectivity index (χ3v) is 9.71. The highest BCUT2D eigenvalue weighted by Gasteiger charge is 2.46. The lowest BCUT2D eigenvalue weighted by Crippen LogP contribution is -2.43. The average Bonchev–Trinajstić information content (AvgIpc) is 3.37. The van der Waals surface area contributed by atoms with Crippen LogP contribution in [0.25, 0.3) is 22.2 Å². The van der Waals surface area contributed by atoms with Gasteiger partial charge in [-0.2, -0.15) is 9.97 Å². The lowest BCUT2D eigenvalue weighted by Gasteiger charge is -2.31. The van der Waals surface area contributed by atoms with E-state index in [-0.39, 0.29) is 40.3 Å².